The summed E-state index contributed by atoms with van der Waals surface area (Å²) in [5, 5.41) is 7.66. The lowest BCUT2D eigenvalue weighted by Gasteiger charge is -2.34. The quantitative estimate of drug-likeness (QED) is 0.153. The molecule has 5 N–H and O–H groups in total. The Hall–Kier alpha value is -2.30. The van der Waals surface area contributed by atoms with Crippen LogP contribution in [0, 0.1) is 5.41 Å². The molecule has 1 fully saturated rings. The lowest BCUT2D eigenvalue weighted by atomic mass is 9.92. The van der Waals surface area contributed by atoms with Crippen LogP contribution in [0.2, 0.25) is 0 Å². The fraction of sp³-hybridized carbons (Fsp3) is 0.760. The Bertz CT molecular complexity index is 727. The number of esters is 1. The molecule has 202 valence electrons. The largest absolute Gasteiger partial charge is 0.477 e. The maximum Gasteiger partial charge on any atom is 0.324 e. The zero-order chi connectivity index (χ0) is 26.6. The number of carbonyl (C=O) groups excluding carboxylic acids is 2. The van der Waals surface area contributed by atoms with Crippen LogP contribution in [0.3, 0.4) is 0 Å². The van der Waals surface area contributed by atoms with Gasteiger partial charge in [0.1, 0.15) is 12.3 Å². The number of ether oxygens (including phenoxy) is 3. The third-order valence-corrected chi connectivity index (χ3v) is 6.31. The first-order valence-corrected chi connectivity index (χ1v) is 12.5. The number of nitrogens with one attached hydrogen (secondary N) is 3. The highest BCUT2D eigenvalue weighted by molar-refractivity contribution is 5.83. The maximum atomic E-state index is 13.0. The summed E-state index contributed by atoms with van der Waals surface area (Å²) in [6.45, 7) is 14.8. The second-order valence-electron chi connectivity index (χ2n) is 9.72. The number of amides is 1. The highest BCUT2D eigenvalue weighted by atomic mass is 16.5. The van der Waals surface area contributed by atoms with E-state index >= 15 is 0 Å². The first-order valence-electron chi connectivity index (χ1n) is 12.5. The molecule has 0 radical (unpaired) electrons. The molecule has 0 aromatic rings. The monoisotopic (exact) mass is 497 g/mol. The summed E-state index contributed by atoms with van der Waals surface area (Å²) in [6.07, 6.45) is 4.26. The van der Waals surface area contributed by atoms with E-state index in [1.54, 1.807) is 20.4 Å². The van der Waals surface area contributed by atoms with Crippen LogP contribution in [-0.4, -0.2) is 68.6 Å². The molecule has 1 aliphatic heterocycles. The number of nitrogens with zero attached hydrogens (tertiary/aromatic N) is 1. The van der Waals surface area contributed by atoms with Gasteiger partial charge in [0.05, 0.1) is 18.8 Å². The van der Waals surface area contributed by atoms with E-state index < -0.39 is 12.1 Å². The van der Waals surface area contributed by atoms with Gasteiger partial charge in [-0.3, -0.25) is 14.6 Å². The van der Waals surface area contributed by atoms with Crippen molar-refractivity contribution in [3.05, 3.63) is 24.2 Å². The van der Waals surface area contributed by atoms with Crippen molar-refractivity contribution in [3.63, 3.8) is 0 Å². The Morgan fingerprint density at radius 2 is 2.03 bits per heavy atom. The number of hydrogen-bond acceptors (Lipinski definition) is 9. The van der Waals surface area contributed by atoms with Crippen LogP contribution >= 0.6 is 0 Å². The number of nitrogens with two attached hydrogens (primary N) is 1. The first-order chi connectivity index (χ1) is 16.5. The SMILES string of the molecule is C=C(NC(CC)O/C=C(/C[C@H](N)C(=O)N1CCC[C@@H](C(=O)OCC(C)(C)CC)N1)NC)[C@H](C)OC. The summed E-state index contributed by atoms with van der Waals surface area (Å²) in [5.41, 5.74) is 10.5. The second-order valence-corrected chi connectivity index (χ2v) is 9.72. The third kappa shape index (κ3) is 10.5. The molecule has 0 spiro atoms. The van der Waals surface area contributed by atoms with E-state index in [0.29, 0.717) is 43.8 Å². The summed E-state index contributed by atoms with van der Waals surface area (Å²) in [6, 6.07) is -1.37. The number of hydrazine groups is 1. The van der Waals surface area contributed by atoms with Crippen LogP contribution in [0.5, 0.6) is 0 Å². The Morgan fingerprint density at radius 3 is 2.60 bits per heavy atom. The molecule has 0 bridgehead atoms. The zero-order valence-electron chi connectivity index (χ0n) is 22.6. The lowest BCUT2D eigenvalue weighted by molar-refractivity contribution is -0.154. The van der Waals surface area contributed by atoms with E-state index in [-0.39, 0.29) is 36.0 Å². The van der Waals surface area contributed by atoms with E-state index in [2.05, 4.69) is 43.4 Å². The van der Waals surface area contributed by atoms with Gasteiger partial charge in [-0.1, -0.05) is 34.3 Å². The Balaban J connectivity index is 2.66. The van der Waals surface area contributed by atoms with Crippen LogP contribution in [0.4, 0.5) is 0 Å². The van der Waals surface area contributed by atoms with Gasteiger partial charge in [0.2, 0.25) is 0 Å². The van der Waals surface area contributed by atoms with Crippen molar-refractivity contribution in [2.24, 2.45) is 11.1 Å². The minimum absolute atomic E-state index is 0.0816. The number of methoxy groups -OCH3 is 1. The summed E-state index contributed by atoms with van der Waals surface area (Å²) in [5.74, 6) is -0.630. The summed E-state index contributed by atoms with van der Waals surface area (Å²) < 4.78 is 16.6. The average Bonchev–Trinajstić information content (AvgIpc) is 2.87. The van der Waals surface area contributed by atoms with Crippen molar-refractivity contribution in [2.75, 3.05) is 27.3 Å². The molecule has 4 atom stereocenters. The molecule has 1 amide bonds. The van der Waals surface area contributed by atoms with Gasteiger partial charge in [0.15, 0.2) is 6.23 Å². The van der Waals surface area contributed by atoms with E-state index in [0.717, 1.165) is 6.42 Å². The Kier molecular flexibility index (Phi) is 13.1. The van der Waals surface area contributed by atoms with Gasteiger partial charge in [0, 0.05) is 44.9 Å². The minimum atomic E-state index is -0.810. The van der Waals surface area contributed by atoms with Crippen LogP contribution in [0.15, 0.2) is 24.2 Å². The fourth-order valence-corrected chi connectivity index (χ4v) is 3.18. The van der Waals surface area contributed by atoms with Crippen molar-refractivity contribution in [1.82, 2.24) is 21.1 Å². The molecule has 1 rings (SSSR count). The molecule has 0 aromatic heterocycles. The Labute approximate surface area is 210 Å². The van der Waals surface area contributed by atoms with Gasteiger partial charge < -0.3 is 30.6 Å². The normalized spacial score (nSPS) is 19.4. The molecule has 0 aliphatic carbocycles. The predicted octanol–water partition coefficient (Wildman–Crippen LogP) is 2.13. The number of rotatable bonds is 15. The standard InChI is InChI=1S/C25H47N5O5/c1-9-22(28-17(3)18(4)33-8)34-15-19(27-7)14-20(26)23(31)30-13-11-12-21(29-30)24(32)35-16-25(5,6)10-2/h15,18,20-22,27-29H,3,9-14,16,26H2,1-2,4-8H3/b19-15-/t18-,20-,21-,22?/m0/s1. The van der Waals surface area contributed by atoms with Gasteiger partial charge in [0.25, 0.3) is 5.91 Å². The Morgan fingerprint density at radius 1 is 1.34 bits per heavy atom. The van der Waals surface area contributed by atoms with Gasteiger partial charge >= 0.3 is 5.97 Å². The second kappa shape index (κ2) is 15.0. The average molecular weight is 498 g/mol. The van der Waals surface area contributed by atoms with E-state index in [9.17, 15) is 9.59 Å². The predicted molar refractivity (Wildman–Crippen MR) is 137 cm³/mol. The molecular formula is C25H47N5O5. The summed E-state index contributed by atoms with van der Waals surface area (Å²) in [4.78, 5) is 25.5. The van der Waals surface area contributed by atoms with Crippen molar-refractivity contribution < 1.29 is 23.8 Å². The minimum Gasteiger partial charge on any atom is -0.477 e. The highest BCUT2D eigenvalue weighted by Gasteiger charge is 2.32. The van der Waals surface area contributed by atoms with E-state index in [4.69, 9.17) is 19.9 Å². The summed E-state index contributed by atoms with van der Waals surface area (Å²) >= 11 is 0. The van der Waals surface area contributed by atoms with Crippen LogP contribution < -0.4 is 21.8 Å². The molecule has 10 nitrogen and oxygen atoms in total. The van der Waals surface area contributed by atoms with Gasteiger partial charge in [-0.25, -0.2) is 5.43 Å². The molecule has 0 aromatic carbocycles. The molecule has 1 heterocycles. The van der Waals surface area contributed by atoms with Crippen molar-refractivity contribution in [3.8, 4) is 0 Å². The zero-order valence-corrected chi connectivity index (χ0v) is 22.6. The molecule has 1 unspecified atom stereocenters. The molecular weight excluding hydrogens is 450 g/mol. The molecule has 0 saturated carbocycles. The van der Waals surface area contributed by atoms with E-state index in [1.807, 2.05) is 13.8 Å². The van der Waals surface area contributed by atoms with Gasteiger partial charge in [-0.15, -0.1) is 0 Å². The molecule has 1 aliphatic rings. The van der Waals surface area contributed by atoms with Crippen molar-refractivity contribution in [1.29, 1.82) is 0 Å². The van der Waals surface area contributed by atoms with Crippen LogP contribution in [0.25, 0.3) is 0 Å². The number of carbonyl (C=O) groups is 2. The molecule has 1 saturated heterocycles. The van der Waals surface area contributed by atoms with Crippen LogP contribution in [-0.2, 0) is 23.8 Å². The van der Waals surface area contributed by atoms with E-state index in [1.165, 1.54) is 5.01 Å². The smallest absolute Gasteiger partial charge is 0.324 e. The van der Waals surface area contributed by atoms with Gasteiger partial charge in [-0.05, 0) is 31.6 Å². The lowest BCUT2D eigenvalue weighted by Crippen LogP contribution is -2.59. The van der Waals surface area contributed by atoms with Gasteiger partial charge in [-0.2, -0.15) is 0 Å². The molecule has 35 heavy (non-hydrogen) atoms. The molecule has 10 heteroatoms. The fourth-order valence-electron chi connectivity index (χ4n) is 3.18. The van der Waals surface area contributed by atoms with Crippen molar-refractivity contribution in [2.45, 2.75) is 91.1 Å². The topological polar surface area (TPSA) is 127 Å². The van der Waals surface area contributed by atoms with Crippen LogP contribution in [0.1, 0.15) is 66.7 Å². The summed E-state index contributed by atoms with van der Waals surface area (Å²) in [7, 11) is 3.36. The maximum absolute atomic E-state index is 13.0. The number of hydrogen-bond donors (Lipinski definition) is 4. The van der Waals surface area contributed by atoms with Crippen molar-refractivity contribution >= 4 is 11.9 Å². The third-order valence-electron chi connectivity index (χ3n) is 6.31. The highest BCUT2D eigenvalue weighted by Crippen LogP contribution is 2.20. The first kappa shape index (κ1) is 30.7.